The summed E-state index contributed by atoms with van der Waals surface area (Å²) in [6, 6.07) is 7.75. The number of rotatable bonds is 6. The van der Waals surface area contributed by atoms with Gasteiger partial charge >= 0.3 is 0 Å². The first kappa shape index (κ1) is 21.5. The van der Waals surface area contributed by atoms with Gasteiger partial charge in [0.1, 0.15) is 11.3 Å². The Kier molecular flexibility index (Phi) is 5.29. The molecule has 2 aliphatic carbocycles. The van der Waals surface area contributed by atoms with Crippen molar-refractivity contribution in [1.82, 2.24) is 14.8 Å². The van der Waals surface area contributed by atoms with Crippen molar-refractivity contribution in [3.8, 4) is 5.75 Å². The Morgan fingerprint density at radius 3 is 2.56 bits per heavy atom. The molecule has 2 aromatic rings. The summed E-state index contributed by atoms with van der Waals surface area (Å²) in [5.74, 6) is -0.0259. The predicted molar refractivity (Wildman–Crippen MR) is 123 cm³/mol. The SMILES string of the molecule is CC(C)N(CCCN1C2CC3CC1CC(O)(C3)C2)C(=O)c1c(O)c2ccccc2[nH]c1=O. The van der Waals surface area contributed by atoms with Crippen LogP contribution in [0.1, 0.15) is 62.7 Å². The fourth-order valence-corrected chi connectivity index (χ4v) is 6.62. The number of piperidine rings is 2. The number of nitrogens with zero attached hydrogens (tertiary/aromatic N) is 2. The molecular formula is C25H33N3O4. The van der Waals surface area contributed by atoms with Gasteiger partial charge in [-0.3, -0.25) is 14.5 Å². The van der Waals surface area contributed by atoms with Crippen LogP contribution in [-0.4, -0.2) is 67.7 Å². The van der Waals surface area contributed by atoms with E-state index in [-0.39, 0.29) is 17.4 Å². The number of aromatic nitrogens is 1. The first-order valence-corrected chi connectivity index (χ1v) is 11.9. The van der Waals surface area contributed by atoms with Gasteiger partial charge in [-0.1, -0.05) is 12.1 Å². The number of para-hydroxylation sites is 1. The minimum Gasteiger partial charge on any atom is -0.506 e. The van der Waals surface area contributed by atoms with Gasteiger partial charge in [0.05, 0.1) is 11.1 Å². The molecule has 4 bridgehead atoms. The molecule has 3 N–H and O–H groups in total. The molecule has 1 aromatic heterocycles. The van der Waals surface area contributed by atoms with Gasteiger partial charge in [-0.15, -0.1) is 0 Å². The Balaban J connectivity index is 1.30. The number of aliphatic hydroxyl groups is 1. The second kappa shape index (κ2) is 7.89. The summed E-state index contributed by atoms with van der Waals surface area (Å²) in [5, 5.41) is 22.0. The number of H-pyrrole nitrogens is 1. The van der Waals surface area contributed by atoms with Crippen molar-refractivity contribution in [2.75, 3.05) is 13.1 Å². The summed E-state index contributed by atoms with van der Waals surface area (Å²) in [4.78, 5) is 32.9. The van der Waals surface area contributed by atoms with E-state index in [1.165, 1.54) is 12.8 Å². The Labute approximate surface area is 188 Å². The first-order chi connectivity index (χ1) is 15.3. The molecule has 2 aliphatic heterocycles. The smallest absolute Gasteiger partial charge is 0.265 e. The second-order valence-corrected chi connectivity index (χ2v) is 10.4. The van der Waals surface area contributed by atoms with Crippen LogP contribution in [-0.2, 0) is 0 Å². The molecule has 0 radical (unpaired) electrons. The Bertz CT molecular complexity index is 1080. The number of fused-ring (bicyclic) bond motifs is 1. The molecule has 1 amide bonds. The van der Waals surface area contributed by atoms with E-state index in [1.807, 2.05) is 13.8 Å². The quantitative estimate of drug-likeness (QED) is 0.643. The molecule has 6 rings (SSSR count). The Morgan fingerprint density at radius 2 is 1.91 bits per heavy atom. The monoisotopic (exact) mass is 439 g/mol. The van der Waals surface area contributed by atoms with Crippen LogP contribution in [0, 0.1) is 5.92 Å². The minimum atomic E-state index is -0.560. The highest BCUT2D eigenvalue weighted by atomic mass is 16.3. The summed E-state index contributed by atoms with van der Waals surface area (Å²) >= 11 is 0. The third-order valence-corrected chi connectivity index (χ3v) is 7.86. The molecule has 7 nitrogen and oxygen atoms in total. The van der Waals surface area contributed by atoms with Crippen molar-refractivity contribution in [3.63, 3.8) is 0 Å². The summed E-state index contributed by atoms with van der Waals surface area (Å²) < 4.78 is 0. The van der Waals surface area contributed by atoms with Crippen LogP contribution in [0.15, 0.2) is 29.1 Å². The third-order valence-electron chi connectivity index (χ3n) is 7.86. The lowest BCUT2D eigenvalue weighted by Gasteiger charge is -2.60. The number of benzene rings is 1. The van der Waals surface area contributed by atoms with Gasteiger partial charge in [0.25, 0.3) is 11.5 Å². The lowest BCUT2D eigenvalue weighted by Crippen LogP contribution is -2.64. The number of aromatic hydroxyl groups is 1. The van der Waals surface area contributed by atoms with Crippen LogP contribution in [0.25, 0.3) is 10.9 Å². The van der Waals surface area contributed by atoms with Gasteiger partial charge in [0.2, 0.25) is 0 Å². The van der Waals surface area contributed by atoms with Crippen LogP contribution in [0.5, 0.6) is 5.75 Å². The number of pyridine rings is 1. The van der Waals surface area contributed by atoms with Gasteiger partial charge < -0.3 is 20.1 Å². The Morgan fingerprint density at radius 1 is 1.22 bits per heavy atom. The normalized spacial score (nSPS) is 29.2. The van der Waals surface area contributed by atoms with E-state index < -0.39 is 17.1 Å². The van der Waals surface area contributed by atoms with Crippen LogP contribution < -0.4 is 5.56 Å². The molecule has 2 atom stereocenters. The number of carbonyl (C=O) groups is 1. The number of carbonyl (C=O) groups excluding carboxylic acids is 1. The highest BCUT2D eigenvalue weighted by Crippen LogP contribution is 2.51. The average Bonchev–Trinajstić information content (AvgIpc) is 2.71. The van der Waals surface area contributed by atoms with E-state index in [0.29, 0.717) is 35.4 Å². The number of hydrogen-bond donors (Lipinski definition) is 3. The number of nitrogens with one attached hydrogen (secondary N) is 1. The van der Waals surface area contributed by atoms with Crippen molar-refractivity contribution >= 4 is 16.8 Å². The molecule has 4 fully saturated rings. The van der Waals surface area contributed by atoms with Crippen LogP contribution in [0.3, 0.4) is 0 Å². The van der Waals surface area contributed by atoms with Crippen LogP contribution >= 0.6 is 0 Å². The van der Waals surface area contributed by atoms with Crippen LogP contribution in [0.4, 0.5) is 0 Å². The highest BCUT2D eigenvalue weighted by molar-refractivity contribution is 6.02. The number of aromatic amines is 1. The Hall–Kier alpha value is -2.38. The molecule has 4 aliphatic rings. The number of amides is 1. The molecule has 32 heavy (non-hydrogen) atoms. The standard InChI is InChI=1S/C25H33N3O4/c1-15(2)27(24(31)21-22(29)19-6-3-4-7-20(19)26-23(21)30)8-5-9-28-17-10-16-11-18(28)14-25(32,12-16)13-17/h3-4,6-7,15-18,32H,5,8-14H2,1-2H3,(H2,26,29,30). The number of hydrogen-bond acceptors (Lipinski definition) is 5. The summed E-state index contributed by atoms with van der Waals surface area (Å²) in [5.41, 5.74) is -0.690. The van der Waals surface area contributed by atoms with E-state index in [1.54, 1.807) is 29.2 Å². The zero-order valence-electron chi connectivity index (χ0n) is 18.9. The van der Waals surface area contributed by atoms with Gasteiger partial charge in [-0.2, -0.15) is 0 Å². The summed E-state index contributed by atoms with van der Waals surface area (Å²) in [7, 11) is 0. The molecule has 2 unspecified atom stereocenters. The van der Waals surface area contributed by atoms with E-state index >= 15 is 0 Å². The molecule has 1 aromatic carbocycles. The maximum Gasteiger partial charge on any atom is 0.265 e. The molecule has 2 saturated heterocycles. The molecule has 2 saturated carbocycles. The fourth-order valence-electron chi connectivity index (χ4n) is 6.62. The van der Waals surface area contributed by atoms with Gasteiger partial charge in [0.15, 0.2) is 0 Å². The van der Waals surface area contributed by atoms with Crippen molar-refractivity contribution in [3.05, 3.63) is 40.2 Å². The van der Waals surface area contributed by atoms with Crippen molar-refractivity contribution in [2.45, 2.75) is 76.1 Å². The van der Waals surface area contributed by atoms with Gasteiger partial charge in [0, 0.05) is 36.6 Å². The topological polar surface area (TPSA) is 96.9 Å². The average molecular weight is 440 g/mol. The summed E-state index contributed by atoms with van der Waals surface area (Å²) in [6.45, 7) is 5.27. The predicted octanol–water partition coefficient (Wildman–Crippen LogP) is 2.85. The van der Waals surface area contributed by atoms with Gasteiger partial charge in [-0.05, 0) is 70.4 Å². The second-order valence-electron chi connectivity index (χ2n) is 10.4. The zero-order chi connectivity index (χ0) is 22.6. The minimum absolute atomic E-state index is 0.0954. The molecule has 172 valence electrons. The molecule has 7 heteroatoms. The summed E-state index contributed by atoms with van der Waals surface area (Å²) in [6.07, 6.45) is 5.85. The third kappa shape index (κ3) is 3.61. The highest BCUT2D eigenvalue weighted by Gasteiger charge is 2.53. The van der Waals surface area contributed by atoms with Gasteiger partial charge in [-0.25, -0.2) is 0 Å². The van der Waals surface area contributed by atoms with E-state index in [9.17, 15) is 19.8 Å². The molecule has 0 spiro atoms. The largest absolute Gasteiger partial charge is 0.506 e. The van der Waals surface area contributed by atoms with Crippen molar-refractivity contribution < 1.29 is 15.0 Å². The van der Waals surface area contributed by atoms with E-state index in [4.69, 9.17) is 0 Å². The lowest BCUT2D eigenvalue weighted by atomic mass is 9.61. The maximum absolute atomic E-state index is 13.3. The first-order valence-electron chi connectivity index (χ1n) is 11.9. The molecule has 3 heterocycles. The van der Waals surface area contributed by atoms with E-state index in [0.717, 1.165) is 32.2 Å². The fraction of sp³-hybridized carbons (Fsp3) is 0.600. The zero-order valence-corrected chi connectivity index (χ0v) is 18.9. The van der Waals surface area contributed by atoms with Crippen molar-refractivity contribution in [2.24, 2.45) is 5.92 Å². The van der Waals surface area contributed by atoms with E-state index in [2.05, 4.69) is 9.88 Å². The van der Waals surface area contributed by atoms with Crippen molar-refractivity contribution in [1.29, 1.82) is 0 Å². The lowest BCUT2D eigenvalue weighted by molar-refractivity contribution is -0.157. The molecular weight excluding hydrogens is 406 g/mol. The van der Waals surface area contributed by atoms with Crippen LogP contribution in [0.2, 0.25) is 0 Å². The maximum atomic E-state index is 13.3.